The fourth-order valence-corrected chi connectivity index (χ4v) is 3.58. The van der Waals surface area contributed by atoms with Crippen molar-refractivity contribution >= 4 is 11.9 Å². The number of likely N-dealkylation sites (N-methyl/N-ethyl adjacent to an activating group) is 1. The number of hydrogen-bond donors (Lipinski definition) is 1. The van der Waals surface area contributed by atoms with Crippen LogP contribution in [0.1, 0.15) is 25.0 Å². The summed E-state index contributed by atoms with van der Waals surface area (Å²) in [6.45, 7) is 3.62. The molecule has 0 radical (unpaired) electrons. The molecule has 2 saturated heterocycles. The lowest BCUT2D eigenvalue weighted by molar-refractivity contribution is -0.127. The van der Waals surface area contributed by atoms with Crippen molar-refractivity contribution in [3.63, 3.8) is 0 Å². The number of piperidine rings is 1. The molecule has 7 nitrogen and oxygen atoms in total. The number of guanidine groups is 1. The molecule has 1 aromatic rings. The highest BCUT2D eigenvalue weighted by Gasteiger charge is 2.33. The Morgan fingerprint density at radius 2 is 2.31 bits per heavy atom. The van der Waals surface area contributed by atoms with E-state index in [1.54, 1.807) is 25.3 Å². The van der Waals surface area contributed by atoms with Crippen LogP contribution in [-0.4, -0.2) is 74.7 Å². The maximum atomic E-state index is 12.0. The van der Waals surface area contributed by atoms with Crippen LogP contribution in [0.4, 0.5) is 0 Å². The average Bonchev–Trinajstić information content (AvgIpc) is 3.17. The van der Waals surface area contributed by atoms with E-state index in [1.165, 1.54) is 6.42 Å². The highest BCUT2D eigenvalue weighted by molar-refractivity contribution is 5.85. The highest BCUT2D eigenvalue weighted by atomic mass is 16.5. The molecule has 2 fully saturated rings. The zero-order valence-corrected chi connectivity index (χ0v) is 15.8. The normalized spacial score (nSPS) is 23.5. The van der Waals surface area contributed by atoms with E-state index < -0.39 is 0 Å². The standard InChI is InChI=1S/C19H30N4O3/c1-22(2)18(24)13-21-19(20-9-7-16-6-4-11-25-16)23-10-8-17-15(14-23)5-3-12-26-17/h4,6,11,15,17H,3,5,7-10,12-14H2,1-2H3,(H,20,21). The third kappa shape index (κ3) is 5.00. The number of hydrogen-bond acceptors (Lipinski definition) is 4. The van der Waals surface area contributed by atoms with Gasteiger partial charge in [0.15, 0.2) is 5.96 Å². The summed E-state index contributed by atoms with van der Waals surface area (Å²) in [5.41, 5.74) is 0. The molecule has 26 heavy (non-hydrogen) atoms. The number of nitrogens with zero attached hydrogens (tertiary/aromatic N) is 3. The topological polar surface area (TPSA) is 70.3 Å². The van der Waals surface area contributed by atoms with Crippen molar-refractivity contribution in [3.05, 3.63) is 24.2 Å². The van der Waals surface area contributed by atoms with Crippen molar-refractivity contribution in [2.45, 2.75) is 31.8 Å². The number of ether oxygens (including phenoxy) is 1. The van der Waals surface area contributed by atoms with Crippen LogP contribution < -0.4 is 5.32 Å². The fourth-order valence-electron chi connectivity index (χ4n) is 3.58. The summed E-state index contributed by atoms with van der Waals surface area (Å²) in [6.07, 6.45) is 6.22. The zero-order valence-electron chi connectivity index (χ0n) is 15.8. The molecule has 0 aromatic carbocycles. The van der Waals surface area contributed by atoms with Gasteiger partial charge in [-0.3, -0.25) is 4.79 Å². The Balaban J connectivity index is 1.61. The SMILES string of the molecule is CN(C)C(=O)CN=C(NCCc1ccco1)N1CCC2OCCCC2C1. The molecule has 3 rings (SSSR count). The van der Waals surface area contributed by atoms with Crippen LogP contribution in [0.25, 0.3) is 0 Å². The van der Waals surface area contributed by atoms with Crippen LogP contribution in [0.2, 0.25) is 0 Å². The summed E-state index contributed by atoms with van der Waals surface area (Å²) in [6, 6.07) is 3.87. The van der Waals surface area contributed by atoms with E-state index in [0.29, 0.717) is 12.0 Å². The minimum absolute atomic E-state index is 0.00576. The van der Waals surface area contributed by atoms with E-state index in [2.05, 4.69) is 15.2 Å². The van der Waals surface area contributed by atoms with Crippen LogP contribution in [-0.2, 0) is 16.0 Å². The molecule has 0 saturated carbocycles. The van der Waals surface area contributed by atoms with Crippen molar-refractivity contribution in [1.82, 2.24) is 15.1 Å². The molecule has 2 aliphatic heterocycles. The Morgan fingerprint density at radius 3 is 3.08 bits per heavy atom. The Labute approximate surface area is 155 Å². The van der Waals surface area contributed by atoms with Gasteiger partial charge < -0.3 is 24.3 Å². The highest BCUT2D eigenvalue weighted by Crippen LogP contribution is 2.28. The van der Waals surface area contributed by atoms with Crippen LogP contribution in [0.5, 0.6) is 0 Å². The quantitative estimate of drug-likeness (QED) is 0.633. The van der Waals surface area contributed by atoms with Crippen LogP contribution in [0.3, 0.4) is 0 Å². The molecular weight excluding hydrogens is 332 g/mol. The van der Waals surface area contributed by atoms with E-state index in [9.17, 15) is 4.79 Å². The monoisotopic (exact) mass is 362 g/mol. The molecule has 1 N–H and O–H groups in total. The number of rotatable bonds is 5. The van der Waals surface area contributed by atoms with Crippen LogP contribution in [0.15, 0.2) is 27.8 Å². The van der Waals surface area contributed by atoms with Gasteiger partial charge in [0.25, 0.3) is 0 Å². The van der Waals surface area contributed by atoms with E-state index >= 15 is 0 Å². The molecule has 3 heterocycles. The maximum Gasteiger partial charge on any atom is 0.243 e. The molecule has 1 amide bonds. The van der Waals surface area contributed by atoms with Crippen molar-refractivity contribution in [2.24, 2.45) is 10.9 Å². The molecule has 2 aliphatic rings. The molecule has 1 aromatic heterocycles. The van der Waals surface area contributed by atoms with Gasteiger partial charge >= 0.3 is 0 Å². The second-order valence-corrected chi connectivity index (χ2v) is 7.23. The van der Waals surface area contributed by atoms with Crippen molar-refractivity contribution in [3.8, 4) is 0 Å². The summed E-state index contributed by atoms with van der Waals surface area (Å²) in [7, 11) is 3.51. The number of likely N-dealkylation sites (tertiary alicyclic amines) is 1. The first kappa shape index (κ1) is 18.8. The summed E-state index contributed by atoms with van der Waals surface area (Å²) >= 11 is 0. The van der Waals surface area contributed by atoms with E-state index in [0.717, 1.165) is 57.2 Å². The lowest BCUT2D eigenvalue weighted by Crippen LogP contribution is -2.52. The van der Waals surface area contributed by atoms with Gasteiger partial charge in [-0.15, -0.1) is 0 Å². The minimum atomic E-state index is 0.00576. The van der Waals surface area contributed by atoms with Gasteiger partial charge in [0.1, 0.15) is 12.3 Å². The van der Waals surface area contributed by atoms with Crippen LogP contribution >= 0.6 is 0 Å². The summed E-state index contributed by atoms with van der Waals surface area (Å²) in [5, 5.41) is 3.42. The minimum Gasteiger partial charge on any atom is -0.469 e. The van der Waals surface area contributed by atoms with E-state index in [4.69, 9.17) is 9.15 Å². The lowest BCUT2D eigenvalue weighted by atomic mass is 9.88. The molecule has 0 bridgehead atoms. The second-order valence-electron chi connectivity index (χ2n) is 7.23. The number of furan rings is 1. The van der Waals surface area contributed by atoms with Gasteiger partial charge in [-0.25, -0.2) is 4.99 Å². The fraction of sp³-hybridized carbons (Fsp3) is 0.684. The average molecular weight is 362 g/mol. The van der Waals surface area contributed by atoms with Gasteiger partial charge in [0, 0.05) is 52.7 Å². The first-order valence-electron chi connectivity index (χ1n) is 9.51. The van der Waals surface area contributed by atoms with Crippen molar-refractivity contribution < 1.29 is 13.9 Å². The largest absolute Gasteiger partial charge is 0.469 e. The van der Waals surface area contributed by atoms with E-state index in [-0.39, 0.29) is 12.5 Å². The second kappa shape index (κ2) is 9.07. The molecule has 144 valence electrons. The lowest BCUT2D eigenvalue weighted by Gasteiger charge is -2.42. The van der Waals surface area contributed by atoms with E-state index in [1.807, 2.05) is 12.1 Å². The number of nitrogens with one attached hydrogen (secondary N) is 1. The first-order chi connectivity index (χ1) is 12.6. The smallest absolute Gasteiger partial charge is 0.243 e. The molecule has 2 unspecified atom stereocenters. The molecule has 7 heteroatoms. The van der Waals surface area contributed by atoms with Gasteiger partial charge in [-0.1, -0.05) is 0 Å². The molecule has 0 aliphatic carbocycles. The number of carbonyl (C=O) groups excluding carboxylic acids is 1. The van der Waals surface area contributed by atoms with Gasteiger partial charge in [-0.2, -0.15) is 0 Å². The Bertz CT molecular complexity index is 600. The number of amides is 1. The summed E-state index contributed by atoms with van der Waals surface area (Å²) in [5.74, 6) is 2.32. The Hall–Kier alpha value is -2.02. The van der Waals surface area contributed by atoms with Crippen molar-refractivity contribution in [2.75, 3.05) is 46.9 Å². The van der Waals surface area contributed by atoms with Gasteiger partial charge in [-0.05, 0) is 31.4 Å². The third-order valence-corrected chi connectivity index (χ3v) is 5.11. The summed E-state index contributed by atoms with van der Waals surface area (Å²) in [4.78, 5) is 20.4. The van der Waals surface area contributed by atoms with Crippen LogP contribution in [0, 0.1) is 5.92 Å². The summed E-state index contributed by atoms with van der Waals surface area (Å²) < 4.78 is 11.3. The Kier molecular flexibility index (Phi) is 6.55. The van der Waals surface area contributed by atoms with Crippen molar-refractivity contribution in [1.29, 1.82) is 0 Å². The predicted octanol–water partition coefficient (Wildman–Crippen LogP) is 1.36. The number of fused-ring (bicyclic) bond motifs is 1. The molecular formula is C19H30N4O3. The maximum absolute atomic E-state index is 12.0. The van der Waals surface area contributed by atoms with Gasteiger partial charge in [0.2, 0.25) is 5.91 Å². The first-order valence-corrected chi connectivity index (χ1v) is 9.51. The molecule has 2 atom stereocenters. The number of aliphatic imine (C=N–C) groups is 1. The Morgan fingerprint density at radius 1 is 1.42 bits per heavy atom. The molecule has 0 spiro atoms. The zero-order chi connectivity index (χ0) is 18.4. The third-order valence-electron chi connectivity index (χ3n) is 5.11. The van der Waals surface area contributed by atoms with Gasteiger partial charge in [0.05, 0.1) is 12.4 Å². The number of carbonyl (C=O) groups is 1. The predicted molar refractivity (Wildman–Crippen MR) is 100 cm³/mol.